The van der Waals surface area contributed by atoms with Crippen molar-refractivity contribution in [2.75, 3.05) is 0 Å². The number of aliphatic carboxylic acids is 1. The summed E-state index contributed by atoms with van der Waals surface area (Å²) >= 11 is 0. The SMILES string of the molecule is CC[C@H](O)/C=C/[C@@H]1[C@@H](O)CC(=O)[C@@H]1C/C=C\CCCCC(=O)O. The molecule has 0 heterocycles. The van der Waals surface area contributed by atoms with E-state index in [1.54, 1.807) is 12.2 Å². The summed E-state index contributed by atoms with van der Waals surface area (Å²) in [6.45, 7) is 1.87. The van der Waals surface area contributed by atoms with Gasteiger partial charge in [0.2, 0.25) is 0 Å². The van der Waals surface area contributed by atoms with Crippen LogP contribution in [0.1, 0.15) is 51.9 Å². The molecule has 0 aromatic heterocycles. The minimum atomic E-state index is -0.775. The molecule has 23 heavy (non-hydrogen) atoms. The number of allylic oxidation sites excluding steroid dienone is 2. The lowest BCUT2D eigenvalue weighted by Gasteiger charge is -2.16. The molecule has 1 aliphatic carbocycles. The molecule has 5 heteroatoms. The number of Topliss-reactive ketones (excluding diaryl/α,β-unsaturated/α-hetero) is 1. The fourth-order valence-electron chi connectivity index (χ4n) is 2.82. The molecule has 1 rings (SSSR count). The van der Waals surface area contributed by atoms with E-state index in [9.17, 15) is 19.8 Å². The van der Waals surface area contributed by atoms with Crippen LogP contribution in [0.25, 0.3) is 0 Å². The topological polar surface area (TPSA) is 94.8 Å². The van der Waals surface area contributed by atoms with Gasteiger partial charge in [0.05, 0.1) is 12.2 Å². The van der Waals surface area contributed by atoms with E-state index >= 15 is 0 Å². The van der Waals surface area contributed by atoms with Crippen molar-refractivity contribution in [1.82, 2.24) is 0 Å². The van der Waals surface area contributed by atoms with Crippen LogP contribution in [0.2, 0.25) is 0 Å². The molecular weight excluding hydrogens is 296 g/mol. The van der Waals surface area contributed by atoms with E-state index in [0.29, 0.717) is 19.3 Å². The Kier molecular flexibility index (Phi) is 8.81. The minimum Gasteiger partial charge on any atom is -0.481 e. The highest BCUT2D eigenvalue weighted by atomic mass is 16.4. The Hall–Kier alpha value is -1.46. The minimum absolute atomic E-state index is 0.0636. The van der Waals surface area contributed by atoms with Gasteiger partial charge in [-0.1, -0.05) is 31.2 Å². The Labute approximate surface area is 137 Å². The summed E-state index contributed by atoms with van der Waals surface area (Å²) in [5.74, 6) is -1.18. The predicted molar refractivity (Wildman–Crippen MR) is 87.9 cm³/mol. The Bertz CT molecular complexity index is 441. The fraction of sp³-hybridized carbons (Fsp3) is 0.667. The summed E-state index contributed by atoms with van der Waals surface area (Å²) in [7, 11) is 0. The van der Waals surface area contributed by atoms with Crippen molar-refractivity contribution in [2.45, 2.75) is 64.1 Å². The first kappa shape index (κ1) is 19.6. The van der Waals surface area contributed by atoms with Gasteiger partial charge in [-0.25, -0.2) is 0 Å². The van der Waals surface area contributed by atoms with E-state index in [0.717, 1.165) is 12.8 Å². The summed E-state index contributed by atoms with van der Waals surface area (Å²) in [6, 6.07) is 0. The highest BCUT2D eigenvalue weighted by Crippen LogP contribution is 2.33. The molecule has 0 amide bonds. The van der Waals surface area contributed by atoms with Gasteiger partial charge < -0.3 is 15.3 Å². The number of carbonyl (C=O) groups excluding carboxylic acids is 1. The number of carbonyl (C=O) groups is 2. The Balaban J connectivity index is 2.44. The quantitative estimate of drug-likeness (QED) is 0.424. The van der Waals surface area contributed by atoms with Crippen molar-refractivity contribution in [2.24, 2.45) is 11.8 Å². The van der Waals surface area contributed by atoms with Gasteiger partial charge in [-0.3, -0.25) is 9.59 Å². The van der Waals surface area contributed by atoms with E-state index in [1.807, 2.05) is 19.1 Å². The standard InChI is InChI=1S/C18H28O5/c1-2-13(19)10-11-15-14(16(20)12-17(15)21)8-6-4-3-5-7-9-18(22)23/h4,6,10-11,13-15,17,19,21H,2-3,5,7-9,12H2,1H3,(H,22,23)/b6-4-,11-10+/t13-,14+,15-,17-/m0/s1. The molecular formula is C18H28O5. The van der Waals surface area contributed by atoms with Crippen molar-refractivity contribution >= 4 is 11.8 Å². The maximum atomic E-state index is 12.0. The van der Waals surface area contributed by atoms with Crippen LogP contribution in [0.4, 0.5) is 0 Å². The van der Waals surface area contributed by atoms with Gasteiger partial charge in [0.25, 0.3) is 0 Å². The van der Waals surface area contributed by atoms with Crippen LogP contribution in [0.3, 0.4) is 0 Å². The van der Waals surface area contributed by atoms with E-state index in [1.165, 1.54) is 0 Å². The van der Waals surface area contributed by atoms with Gasteiger partial charge in [-0.2, -0.15) is 0 Å². The van der Waals surface area contributed by atoms with Crippen molar-refractivity contribution in [1.29, 1.82) is 0 Å². The molecule has 0 aliphatic heterocycles. The zero-order valence-corrected chi connectivity index (χ0v) is 13.7. The highest BCUT2D eigenvalue weighted by molar-refractivity contribution is 5.84. The number of carboxylic acid groups (broad SMARTS) is 1. The molecule has 0 aromatic carbocycles. The fourth-order valence-corrected chi connectivity index (χ4v) is 2.82. The average molecular weight is 324 g/mol. The Morgan fingerprint density at radius 1 is 1.35 bits per heavy atom. The first-order valence-electron chi connectivity index (χ1n) is 8.39. The molecule has 3 N–H and O–H groups in total. The number of unbranched alkanes of at least 4 members (excludes halogenated alkanes) is 2. The highest BCUT2D eigenvalue weighted by Gasteiger charge is 2.39. The van der Waals surface area contributed by atoms with Crippen LogP contribution in [0.5, 0.6) is 0 Å². The first-order chi connectivity index (χ1) is 11.0. The number of hydrogen-bond donors (Lipinski definition) is 3. The molecule has 0 saturated heterocycles. The summed E-state index contributed by atoms with van der Waals surface area (Å²) in [4.78, 5) is 22.4. The van der Waals surface area contributed by atoms with Gasteiger partial charge in [0.15, 0.2) is 0 Å². The molecule has 0 aromatic rings. The van der Waals surface area contributed by atoms with Crippen LogP contribution < -0.4 is 0 Å². The molecule has 0 spiro atoms. The lowest BCUT2D eigenvalue weighted by molar-refractivity contribution is -0.137. The number of rotatable bonds is 10. The van der Waals surface area contributed by atoms with Crippen LogP contribution in [-0.4, -0.2) is 39.3 Å². The maximum Gasteiger partial charge on any atom is 0.303 e. The van der Waals surface area contributed by atoms with Crippen LogP contribution in [0, 0.1) is 11.8 Å². The molecule has 1 fully saturated rings. The first-order valence-corrected chi connectivity index (χ1v) is 8.39. The van der Waals surface area contributed by atoms with Crippen molar-refractivity contribution in [3.8, 4) is 0 Å². The Morgan fingerprint density at radius 2 is 2.09 bits per heavy atom. The number of hydrogen-bond acceptors (Lipinski definition) is 4. The largest absolute Gasteiger partial charge is 0.481 e. The monoisotopic (exact) mass is 324 g/mol. The van der Waals surface area contributed by atoms with E-state index in [4.69, 9.17) is 5.11 Å². The third-order valence-electron chi connectivity index (χ3n) is 4.27. The summed E-state index contributed by atoms with van der Waals surface area (Å²) < 4.78 is 0. The molecule has 0 bridgehead atoms. The van der Waals surface area contributed by atoms with Crippen molar-refractivity contribution in [3.63, 3.8) is 0 Å². The molecule has 130 valence electrons. The molecule has 5 nitrogen and oxygen atoms in total. The number of ketones is 1. The summed E-state index contributed by atoms with van der Waals surface area (Å²) in [5, 5.41) is 28.1. The maximum absolute atomic E-state index is 12.0. The lowest BCUT2D eigenvalue weighted by atomic mass is 9.90. The molecule has 0 unspecified atom stereocenters. The predicted octanol–water partition coefficient (Wildman–Crippen LogP) is 2.47. The number of aliphatic hydroxyl groups excluding tert-OH is 2. The van der Waals surface area contributed by atoms with Crippen LogP contribution in [-0.2, 0) is 9.59 Å². The second-order valence-electron chi connectivity index (χ2n) is 6.13. The smallest absolute Gasteiger partial charge is 0.303 e. The van der Waals surface area contributed by atoms with Crippen molar-refractivity contribution < 1.29 is 24.9 Å². The second-order valence-corrected chi connectivity index (χ2v) is 6.13. The van der Waals surface area contributed by atoms with Gasteiger partial charge in [0, 0.05) is 24.7 Å². The molecule has 1 aliphatic rings. The van der Waals surface area contributed by atoms with E-state index in [-0.39, 0.29) is 30.5 Å². The number of aliphatic hydroxyl groups is 2. The Morgan fingerprint density at radius 3 is 2.74 bits per heavy atom. The lowest BCUT2D eigenvalue weighted by Crippen LogP contribution is -2.18. The van der Waals surface area contributed by atoms with Gasteiger partial charge in [-0.05, 0) is 32.1 Å². The van der Waals surface area contributed by atoms with Crippen molar-refractivity contribution in [3.05, 3.63) is 24.3 Å². The van der Waals surface area contributed by atoms with Gasteiger partial charge in [-0.15, -0.1) is 0 Å². The average Bonchev–Trinajstić information content (AvgIpc) is 2.77. The molecule has 0 radical (unpaired) electrons. The second kappa shape index (κ2) is 10.3. The van der Waals surface area contributed by atoms with Crippen LogP contribution in [0.15, 0.2) is 24.3 Å². The summed E-state index contributed by atoms with van der Waals surface area (Å²) in [6.07, 6.45) is 9.95. The number of carboxylic acids is 1. The third kappa shape index (κ3) is 7.10. The molecule has 1 saturated carbocycles. The zero-order valence-electron chi connectivity index (χ0n) is 13.7. The van der Waals surface area contributed by atoms with E-state index < -0.39 is 18.2 Å². The van der Waals surface area contributed by atoms with Gasteiger partial charge >= 0.3 is 5.97 Å². The van der Waals surface area contributed by atoms with Gasteiger partial charge in [0.1, 0.15) is 5.78 Å². The van der Waals surface area contributed by atoms with E-state index in [2.05, 4.69) is 0 Å². The summed E-state index contributed by atoms with van der Waals surface area (Å²) in [5.41, 5.74) is 0. The zero-order chi connectivity index (χ0) is 17.2. The molecule has 4 atom stereocenters. The third-order valence-corrected chi connectivity index (χ3v) is 4.27. The van der Waals surface area contributed by atoms with Crippen LogP contribution >= 0.6 is 0 Å². The normalized spacial score (nSPS) is 26.4.